The van der Waals surface area contributed by atoms with Crippen LogP contribution in [-0.2, 0) is 9.59 Å². The topological polar surface area (TPSA) is 81.8 Å². The maximum Gasteiger partial charge on any atom is 0.327 e. The molecule has 0 saturated carbocycles. The molecule has 0 unspecified atom stereocenters. The average molecular weight is 268 g/mol. The van der Waals surface area contributed by atoms with E-state index in [1.165, 1.54) is 4.90 Å². The fourth-order valence-electron chi connectivity index (χ4n) is 2.29. The van der Waals surface area contributed by atoms with Gasteiger partial charge in [0.1, 0.15) is 5.54 Å². The van der Waals surface area contributed by atoms with E-state index in [-0.39, 0.29) is 24.2 Å². The van der Waals surface area contributed by atoms with Crippen LogP contribution in [0.1, 0.15) is 13.8 Å². The molecule has 0 radical (unpaired) electrons. The largest absolute Gasteiger partial charge is 0.327 e. The first-order valence-electron chi connectivity index (χ1n) is 6.39. The SMILES string of the molecule is CN1C(=O)N(CC(=O)C2CNCNC2)C(=O)C1(C)C. The van der Waals surface area contributed by atoms with Crippen molar-refractivity contribution < 1.29 is 14.4 Å². The van der Waals surface area contributed by atoms with E-state index in [4.69, 9.17) is 0 Å². The van der Waals surface area contributed by atoms with Crippen molar-refractivity contribution in [1.29, 1.82) is 0 Å². The predicted octanol–water partition coefficient (Wildman–Crippen LogP) is -1.01. The van der Waals surface area contributed by atoms with E-state index in [1.807, 2.05) is 0 Å². The van der Waals surface area contributed by atoms with Gasteiger partial charge in [-0.2, -0.15) is 0 Å². The van der Waals surface area contributed by atoms with E-state index in [0.717, 1.165) is 4.90 Å². The third-order valence-electron chi connectivity index (χ3n) is 3.93. The van der Waals surface area contributed by atoms with Crippen molar-refractivity contribution in [3.63, 3.8) is 0 Å². The lowest BCUT2D eigenvalue weighted by Crippen LogP contribution is -2.50. The van der Waals surface area contributed by atoms with E-state index >= 15 is 0 Å². The Balaban J connectivity index is 2.05. The summed E-state index contributed by atoms with van der Waals surface area (Å²) in [5.41, 5.74) is -0.875. The zero-order valence-electron chi connectivity index (χ0n) is 11.5. The van der Waals surface area contributed by atoms with Gasteiger partial charge in [0.2, 0.25) is 0 Å². The molecule has 3 amide bonds. The molecule has 0 aromatic heterocycles. The highest BCUT2D eigenvalue weighted by Gasteiger charge is 2.49. The summed E-state index contributed by atoms with van der Waals surface area (Å²) in [6, 6.07) is -0.403. The van der Waals surface area contributed by atoms with Crippen LogP contribution in [0.15, 0.2) is 0 Å². The van der Waals surface area contributed by atoms with Crippen molar-refractivity contribution in [1.82, 2.24) is 20.4 Å². The molecule has 2 N–H and O–H groups in total. The van der Waals surface area contributed by atoms with E-state index in [1.54, 1.807) is 20.9 Å². The number of carbonyl (C=O) groups excluding carboxylic acids is 3. The zero-order chi connectivity index (χ0) is 14.2. The number of hydrogen-bond donors (Lipinski definition) is 2. The molecule has 2 fully saturated rings. The second-order valence-electron chi connectivity index (χ2n) is 5.54. The van der Waals surface area contributed by atoms with Crippen LogP contribution in [0.2, 0.25) is 0 Å². The van der Waals surface area contributed by atoms with Gasteiger partial charge < -0.3 is 15.5 Å². The molecular formula is C12H20N4O3. The fraction of sp³-hybridized carbons (Fsp3) is 0.750. The van der Waals surface area contributed by atoms with Crippen LogP contribution in [0.25, 0.3) is 0 Å². The van der Waals surface area contributed by atoms with Crippen LogP contribution < -0.4 is 10.6 Å². The number of amides is 3. The van der Waals surface area contributed by atoms with Gasteiger partial charge in [0.15, 0.2) is 5.78 Å². The summed E-state index contributed by atoms with van der Waals surface area (Å²) in [6.45, 7) is 5.08. The maximum atomic E-state index is 12.1. The van der Waals surface area contributed by atoms with Gasteiger partial charge in [0.05, 0.1) is 6.54 Å². The number of nitrogens with one attached hydrogen (secondary N) is 2. The first-order valence-corrected chi connectivity index (χ1v) is 6.39. The van der Waals surface area contributed by atoms with E-state index in [0.29, 0.717) is 19.8 Å². The van der Waals surface area contributed by atoms with Crippen molar-refractivity contribution in [2.24, 2.45) is 5.92 Å². The van der Waals surface area contributed by atoms with Crippen LogP contribution >= 0.6 is 0 Å². The minimum Gasteiger partial charge on any atom is -0.313 e. The lowest BCUT2D eigenvalue weighted by atomic mass is 10.0. The predicted molar refractivity (Wildman–Crippen MR) is 68.3 cm³/mol. The summed E-state index contributed by atoms with van der Waals surface area (Å²) in [5.74, 6) is -0.596. The number of likely N-dealkylation sites (N-methyl/N-ethyl adjacent to an activating group) is 1. The van der Waals surface area contributed by atoms with Crippen molar-refractivity contribution in [3.05, 3.63) is 0 Å². The van der Waals surface area contributed by atoms with Crippen LogP contribution in [-0.4, -0.2) is 66.4 Å². The first-order chi connectivity index (χ1) is 8.85. The Labute approximate surface area is 112 Å². The third-order valence-corrected chi connectivity index (χ3v) is 3.93. The molecule has 2 aliphatic heterocycles. The van der Waals surface area contributed by atoms with Gasteiger partial charge in [-0.15, -0.1) is 0 Å². The van der Waals surface area contributed by atoms with Crippen LogP contribution in [0.4, 0.5) is 4.79 Å². The number of rotatable bonds is 3. The molecule has 0 atom stereocenters. The molecule has 7 nitrogen and oxygen atoms in total. The smallest absolute Gasteiger partial charge is 0.313 e. The summed E-state index contributed by atoms with van der Waals surface area (Å²) in [7, 11) is 1.58. The molecule has 0 aromatic carbocycles. The Morgan fingerprint density at radius 2 is 1.89 bits per heavy atom. The summed E-state index contributed by atoms with van der Waals surface area (Å²) in [5, 5.41) is 6.11. The summed E-state index contributed by atoms with van der Waals surface area (Å²) >= 11 is 0. The molecule has 2 aliphatic rings. The summed E-state index contributed by atoms with van der Waals surface area (Å²) in [4.78, 5) is 38.7. The highest BCUT2D eigenvalue weighted by molar-refractivity contribution is 6.08. The molecule has 0 spiro atoms. The van der Waals surface area contributed by atoms with Crippen LogP contribution in [0.5, 0.6) is 0 Å². The molecule has 106 valence electrons. The third kappa shape index (κ3) is 2.35. The minimum absolute atomic E-state index is 0.0903. The molecule has 0 bridgehead atoms. The van der Waals surface area contributed by atoms with Gasteiger partial charge in [-0.1, -0.05) is 0 Å². The quantitative estimate of drug-likeness (QED) is 0.641. The number of hydrogen-bond acceptors (Lipinski definition) is 5. The fourth-order valence-corrected chi connectivity index (χ4v) is 2.29. The normalized spacial score (nSPS) is 24.2. The van der Waals surface area contributed by atoms with Gasteiger partial charge in [-0.3, -0.25) is 14.5 Å². The van der Waals surface area contributed by atoms with Gasteiger partial charge in [-0.05, 0) is 13.8 Å². The van der Waals surface area contributed by atoms with Gasteiger partial charge in [0.25, 0.3) is 5.91 Å². The lowest BCUT2D eigenvalue weighted by Gasteiger charge is -2.24. The number of nitrogens with zero attached hydrogens (tertiary/aromatic N) is 2. The Bertz CT molecular complexity index is 415. The zero-order valence-corrected chi connectivity index (χ0v) is 11.5. The Hall–Kier alpha value is -1.47. The molecule has 7 heteroatoms. The van der Waals surface area contributed by atoms with Crippen molar-refractivity contribution in [3.8, 4) is 0 Å². The maximum absolute atomic E-state index is 12.1. The second kappa shape index (κ2) is 4.90. The van der Waals surface area contributed by atoms with E-state index in [2.05, 4.69) is 10.6 Å². The monoisotopic (exact) mass is 268 g/mol. The standard InChI is InChI=1S/C12H20N4O3/c1-12(2)10(18)16(11(19)15(12)3)6-9(17)8-4-13-7-14-5-8/h8,13-14H,4-7H2,1-3H3. The van der Waals surface area contributed by atoms with Gasteiger partial charge >= 0.3 is 6.03 Å². The highest BCUT2D eigenvalue weighted by Crippen LogP contribution is 2.25. The van der Waals surface area contributed by atoms with Gasteiger partial charge in [-0.25, -0.2) is 4.79 Å². The minimum atomic E-state index is -0.875. The van der Waals surface area contributed by atoms with Gasteiger partial charge in [0, 0.05) is 32.7 Å². The summed E-state index contributed by atoms with van der Waals surface area (Å²) in [6.07, 6.45) is 0. The molecule has 0 aromatic rings. The van der Waals surface area contributed by atoms with Crippen LogP contribution in [0, 0.1) is 5.92 Å². The van der Waals surface area contributed by atoms with Crippen molar-refractivity contribution in [2.45, 2.75) is 19.4 Å². The van der Waals surface area contributed by atoms with E-state index in [9.17, 15) is 14.4 Å². The Kier molecular flexibility index (Phi) is 3.60. The van der Waals surface area contributed by atoms with Crippen molar-refractivity contribution >= 4 is 17.7 Å². The number of Topliss-reactive ketones (excluding diaryl/α,β-unsaturated/α-hetero) is 1. The number of imide groups is 1. The summed E-state index contributed by atoms with van der Waals surface area (Å²) < 4.78 is 0. The molecule has 2 heterocycles. The van der Waals surface area contributed by atoms with E-state index < -0.39 is 11.6 Å². The highest BCUT2D eigenvalue weighted by atomic mass is 16.2. The Morgan fingerprint density at radius 3 is 2.37 bits per heavy atom. The average Bonchev–Trinajstić information content (AvgIpc) is 2.55. The molecule has 19 heavy (non-hydrogen) atoms. The molecule has 2 rings (SSSR count). The number of ketones is 1. The number of urea groups is 1. The molecular weight excluding hydrogens is 248 g/mol. The van der Waals surface area contributed by atoms with Crippen molar-refractivity contribution in [2.75, 3.05) is 33.4 Å². The van der Waals surface area contributed by atoms with Crippen LogP contribution in [0.3, 0.4) is 0 Å². The Morgan fingerprint density at radius 1 is 1.32 bits per heavy atom. The molecule has 0 aliphatic carbocycles. The first kappa shape index (κ1) is 14.0. The lowest BCUT2D eigenvalue weighted by molar-refractivity contribution is -0.135. The molecule has 2 saturated heterocycles. The second-order valence-corrected chi connectivity index (χ2v) is 5.54. The number of carbonyl (C=O) groups is 3.